The summed E-state index contributed by atoms with van der Waals surface area (Å²) in [5, 5.41) is 15.1. The first-order valence-electron chi connectivity index (χ1n) is 6.17. The van der Waals surface area contributed by atoms with Crippen LogP contribution in [0, 0.1) is 12.7 Å². The molecule has 1 amide bonds. The van der Waals surface area contributed by atoms with Crippen LogP contribution in [0.15, 0.2) is 34.9 Å². The molecule has 2 N–H and O–H groups in total. The van der Waals surface area contributed by atoms with Gasteiger partial charge in [-0.25, -0.2) is 4.39 Å². The van der Waals surface area contributed by atoms with Crippen molar-refractivity contribution in [3.05, 3.63) is 53.2 Å². The normalized spacial score (nSPS) is 11.9. The Hall–Kier alpha value is -2.70. The van der Waals surface area contributed by atoms with E-state index < -0.39 is 23.7 Å². The number of carboxylic acids is 1. The summed E-state index contributed by atoms with van der Waals surface area (Å²) in [5.74, 6) is -2.11. The molecule has 2 rings (SSSR count). The second-order valence-electron chi connectivity index (χ2n) is 4.51. The van der Waals surface area contributed by atoms with Gasteiger partial charge in [0.05, 0.1) is 18.2 Å². The fourth-order valence-corrected chi connectivity index (χ4v) is 1.82. The standard InChI is InChI=1S/C14H13FN2O4/c1-8-6-12(21-17-8)14(20)16-11(7-13(18)19)9-2-4-10(15)5-3-9/h2-6,11H,7H2,1H3,(H,16,20)(H,18,19)/t11-/m0/s1. The van der Waals surface area contributed by atoms with E-state index in [9.17, 15) is 14.0 Å². The van der Waals surface area contributed by atoms with Crippen molar-refractivity contribution in [3.8, 4) is 0 Å². The number of aromatic nitrogens is 1. The molecule has 1 aromatic carbocycles. The average molecular weight is 292 g/mol. The predicted molar refractivity (Wildman–Crippen MR) is 70.1 cm³/mol. The number of carboxylic acid groups (broad SMARTS) is 1. The highest BCUT2D eigenvalue weighted by Crippen LogP contribution is 2.18. The van der Waals surface area contributed by atoms with Gasteiger partial charge in [-0.15, -0.1) is 0 Å². The van der Waals surface area contributed by atoms with Crippen molar-refractivity contribution >= 4 is 11.9 Å². The van der Waals surface area contributed by atoms with Gasteiger partial charge < -0.3 is 14.9 Å². The SMILES string of the molecule is Cc1cc(C(=O)N[C@@H](CC(=O)O)c2ccc(F)cc2)on1. The quantitative estimate of drug-likeness (QED) is 0.880. The average Bonchev–Trinajstić information content (AvgIpc) is 2.85. The van der Waals surface area contributed by atoms with Crippen LogP contribution in [0.3, 0.4) is 0 Å². The third-order valence-corrected chi connectivity index (χ3v) is 2.81. The van der Waals surface area contributed by atoms with Crippen LogP contribution < -0.4 is 5.32 Å². The number of benzene rings is 1. The molecule has 0 aliphatic heterocycles. The van der Waals surface area contributed by atoms with Crippen LogP contribution >= 0.6 is 0 Å². The van der Waals surface area contributed by atoms with E-state index in [1.807, 2.05) is 0 Å². The third kappa shape index (κ3) is 3.88. The molecule has 21 heavy (non-hydrogen) atoms. The fraction of sp³-hybridized carbons (Fsp3) is 0.214. The van der Waals surface area contributed by atoms with Crippen molar-refractivity contribution < 1.29 is 23.6 Å². The third-order valence-electron chi connectivity index (χ3n) is 2.81. The van der Waals surface area contributed by atoms with Crippen molar-refractivity contribution in [2.45, 2.75) is 19.4 Å². The van der Waals surface area contributed by atoms with Crippen LogP contribution in [-0.4, -0.2) is 22.1 Å². The molecule has 0 fully saturated rings. The number of rotatable bonds is 5. The van der Waals surface area contributed by atoms with Crippen molar-refractivity contribution in [3.63, 3.8) is 0 Å². The van der Waals surface area contributed by atoms with E-state index in [-0.39, 0.29) is 12.2 Å². The smallest absolute Gasteiger partial charge is 0.305 e. The van der Waals surface area contributed by atoms with E-state index >= 15 is 0 Å². The minimum absolute atomic E-state index is 0.00926. The zero-order chi connectivity index (χ0) is 15.4. The Bertz CT molecular complexity index is 651. The Balaban J connectivity index is 2.18. The molecule has 0 bridgehead atoms. The van der Waals surface area contributed by atoms with Crippen molar-refractivity contribution in [1.82, 2.24) is 10.5 Å². The van der Waals surface area contributed by atoms with E-state index in [1.165, 1.54) is 30.3 Å². The summed E-state index contributed by atoms with van der Waals surface area (Å²) in [6.45, 7) is 1.66. The molecule has 0 radical (unpaired) electrons. The Morgan fingerprint density at radius 3 is 2.57 bits per heavy atom. The van der Waals surface area contributed by atoms with Gasteiger partial charge >= 0.3 is 5.97 Å². The molecule has 6 nitrogen and oxygen atoms in total. The molecule has 1 aromatic heterocycles. The number of aryl methyl sites for hydroxylation is 1. The summed E-state index contributed by atoms with van der Waals surface area (Å²) in [4.78, 5) is 22.9. The first-order valence-corrected chi connectivity index (χ1v) is 6.17. The first kappa shape index (κ1) is 14.7. The van der Waals surface area contributed by atoms with Gasteiger partial charge in [0.15, 0.2) is 0 Å². The summed E-state index contributed by atoms with van der Waals surface area (Å²) in [5.41, 5.74) is 1.03. The number of nitrogens with zero attached hydrogens (tertiary/aromatic N) is 1. The number of aliphatic carboxylic acids is 1. The Kier molecular flexibility index (Phi) is 4.32. The van der Waals surface area contributed by atoms with Crippen LogP contribution in [0.5, 0.6) is 0 Å². The number of carbonyl (C=O) groups is 2. The lowest BCUT2D eigenvalue weighted by atomic mass is 10.0. The second kappa shape index (κ2) is 6.17. The van der Waals surface area contributed by atoms with Gasteiger partial charge in [-0.1, -0.05) is 17.3 Å². The first-order chi connectivity index (χ1) is 9.95. The number of hydrogen-bond donors (Lipinski definition) is 2. The number of nitrogens with one attached hydrogen (secondary N) is 1. The van der Waals surface area contributed by atoms with E-state index in [4.69, 9.17) is 9.63 Å². The number of hydrogen-bond acceptors (Lipinski definition) is 4. The van der Waals surface area contributed by atoms with Gasteiger partial charge in [0.1, 0.15) is 5.82 Å². The van der Waals surface area contributed by atoms with Gasteiger partial charge in [0, 0.05) is 6.07 Å². The Morgan fingerprint density at radius 1 is 1.38 bits per heavy atom. The number of amides is 1. The summed E-state index contributed by atoms with van der Waals surface area (Å²) < 4.78 is 17.7. The van der Waals surface area contributed by atoms with Crippen molar-refractivity contribution in [2.75, 3.05) is 0 Å². The molecule has 0 saturated heterocycles. The molecule has 2 aromatic rings. The van der Waals surface area contributed by atoms with Crippen LogP contribution in [0.25, 0.3) is 0 Å². The Morgan fingerprint density at radius 2 is 2.05 bits per heavy atom. The maximum absolute atomic E-state index is 12.9. The minimum Gasteiger partial charge on any atom is -0.481 e. The topological polar surface area (TPSA) is 92.4 Å². The highest BCUT2D eigenvalue weighted by molar-refractivity contribution is 5.92. The molecule has 0 aliphatic carbocycles. The molecule has 1 heterocycles. The maximum Gasteiger partial charge on any atom is 0.305 e. The molecular formula is C14H13FN2O4. The van der Waals surface area contributed by atoms with E-state index in [2.05, 4.69) is 10.5 Å². The summed E-state index contributed by atoms with van der Waals surface area (Å²) in [7, 11) is 0. The van der Waals surface area contributed by atoms with Gasteiger partial charge in [-0.3, -0.25) is 9.59 Å². The van der Waals surface area contributed by atoms with Crippen LogP contribution in [0.4, 0.5) is 4.39 Å². The molecule has 0 saturated carbocycles. The van der Waals surface area contributed by atoms with E-state index in [0.29, 0.717) is 11.3 Å². The van der Waals surface area contributed by atoms with Gasteiger partial charge in [-0.05, 0) is 24.6 Å². The molecular weight excluding hydrogens is 279 g/mol. The summed E-state index contributed by atoms with van der Waals surface area (Å²) in [6.07, 6.45) is -0.329. The highest BCUT2D eigenvalue weighted by atomic mass is 19.1. The zero-order valence-corrected chi connectivity index (χ0v) is 11.2. The lowest BCUT2D eigenvalue weighted by Gasteiger charge is -2.16. The molecule has 1 atom stereocenters. The molecule has 7 heteroatoms. The fourth-order valence-electron chi connectivity index (χ4n) is 1.82. The van der Waals surface area contributed by atoms with Crippen molar-refractivity contribution in [1.29, 1.82) is 0 Å². The summed E-state index contributed by atoms with van der Waals surface area (Å²) >= 11 is 0. The zero-order valence-electron chi connectivity index (χ0n) is 11.2. The van der Waals surface area contributed by atoms with Gasteiger partial charge in [0.25, 0.3) is 5.91 Å². The van der Waals surface area contributed by atoms with E-state index in [0.717, 1.165) is 0 Å². The van der Waals surface area contributed by atoms with Gasteiger partial charge in [-0.2, -0.15) is 0 Å². The van der Waals surface area contributed by atoms with Crippen LogP contribution in [0.2, 0.25) is 0 Å². The van der Waals surface area contributed by atoms with Crippen molar-refractivity contribution in [2.24, 2.45) is 0 Å². The molecule has 0 unspecified atom stereocenters. The lowest BCUT2D eigenvalue weighted by molar-refractivity contribution is -0.137. The second-order valence-corrected chi connectivity index (χ2v) is 4.51. The van der Waals surface area contributed by atoms with E-state index in [1.54, 1.807) is 6.92 Å². The highest BCUT2D eigenvalue weighted by Gasteiger charge is 2.21. The van der Waals surface area contributed by atoms with Gasteiger partial charge in [0.2, 0.25) is 5.76 Å². The molecule has 0 spiro atoms. The Labute approximate surface area is 119 Å². The molecule has 0 aliphatic rings. The van der Waals surface area contributed by atoms with Crippen LogP contribution in [-0.2, 0) is 4.79 Å². The minimum atomic E-state index is -1.08. The maximum atomic E-state index is 12.9. The largest absolute Gasteiger partial charge is 0.481 e. The number of carbonyl (C=O) groups excluding carboxylic acids is 1. The summed E-state index contributed by atoms with van der Waals surface area (Å²) in [6, 6.07) is 5.91. The monoisotopic (exact) mass is 292 g/mol. The van der Waals surface area contributed by atoms with Crippen LogP contribution in [0.1, 0.15) is 34.3 Å². The number of halogens is 1. The predicted octanol–water partition coefficient (Wildman–Crippen LogP) is 2.07. The molecule has 110 valence electrons. The lowest BCUT2D eigenvalue weighted by Crippen LogP contribution is -2.30.